The number of aromatic nitrogens is 2. The van der Waals surface area contributed by atoms with Crippen LogP contribution in [0.2, 0.25) is 0 Å². The van der Waals surface area contributed by atoms with E-state index in [1.807, 2.05) is 5.38 Å². The normalized spacial score (nSPS) is 21.2. The number of thiophene rings is 1. The number of amides is 1. The molecule has 8 heteroatoms. The van der Waals surface area contributed by atoms with Crippen LogP contribution in [0.25, 0.3) is 10.2 Å². The standard InChI is InChI=1S/C16H21N5OS.ClH/c22-15(18-8-11-6-17-7-11)12-2-1-4-21(9-12)14-13-3-5-23-16(13)20-10-19-14;/h3,5,10-12,17H,1-2,4,6-9H2,(H,18,22);1H. The van der Waals surface area contributed by atoms with Crippen LogP contribution in [0.1, 0.15) is 12.8 Å². The molecule has 0 aromatic carbocycles. The van der Waals surface area contributed by atoms with Crippen molar-refractivity contribution in [2.24, 2.45) is 11.8 Å². The fourth-order valence-corrected chi connectivity index (χ4v) is 4.02. The summed E-state index contributed by atoms with van der Waals surface area (Å²) in [6.07, 6.45) is 3.61. The molecule has 0 radical (unpaired) electrons. The molecule has 2 aliphatic heterocycles. The fraction of sp³-hybridized carbons (Fsp3) is 0.562. The van der Waals surface area contributed by atoms with Crippen LogP contribution in [0.5, 0.6) is 0 Å². The van der Waals surface area contributed by atoms with Crippen LogP contribution < -0.4 is 15.5 Å². The third-order valence-corrected chi connectivity index (χ3v) is 5.58. The van der Waals surface area contributed by atoms with Crippen LogP contribution in [0.4, 0.5) is 5.82 Å². The van der Waals surface area contributed by atoms with Gasteiger partial charge in [0.25, 0.3) is 0 Å². The van der Waals surface area contributed by atoms with Crippen LogP contribution >= 0.6 is 23.7 Å². The number of halogens is 1. The van der Waals surface area contributed by atoms with E-state index in [9.17, 15) is 4.79 Å². The van der Waals surface area contributed by atoms with Gasteiger partial charge in [0.1, 0.15) is 17.0 Å². The highest BCUT2D eigenvalue weighted by Gasteiger charge is 2.28. The summed E-state index contributed by atoms with van der Waals surface area (Å²) in [6, 6.07) is 2.07. The zero-order chi connectivity index (χ0) is 15.6. The van der Waals surface area contributed by atoms with Gasteiger partial charge in [0.2, 0.25) is 5.91 Å². The first-order valence-electron chi connectivity index (χ1n) is 8.23. The lowest BCUT2D eigenvalue weighted by Crippen LogP contribution is -2.50. The summed E-state index contributed by atoms with van der Waals surface area (Å²) in [7, 11) is 0. The van der Waals surface area contributed by atoms with E-state index in [1.165, 1.54) is 0 Å². The highest BCUT2D eigenvalue weighted by Crippen LogP contribution is 2.29. The van der Waals surface area contributed by atoms with Crippen molar-refractivity contribution in [2.75, 3.05) is 37.6 Å². The zero-order valence-corrected chi connectivity index (χ0v) is 15.0. The second kappa shape index (κ2) is 7.63. The van der Waals surface area contributed by atoms with Crippen molar-refractivity contribution < 1.29 is 4.79 Å². The number of hydrogen-bond acceptors (Lipinski definition) is 6. The number of hydrogen-bond donors (Lipinski definition) is 2. The number of fused-ring (bicyclic) bond motifs is 1. The maximum Gasteiger partial charge on any atom is 0.224 e. The molecule has 4 rings (SSSR count). The van der Waals surface area contributed by atoms with Gasteiger partial charge in [0.05, 0.1) is 11.3 Å². The van der Waals surface area contributed by atoms with Crippen molar-refractivity contribution >= 4 is 45.7 Å². The monoisotopic (exact) mass is 367 g/mol. The highest BCUT2D eigenvalue weighted by atomic mass is 35.5. The number of nitrogens with one attached hydrogen (secondary N) is 2. The van der Waals surface area contributed by atoms with E-state index in [2.05, 4.69) is 31.6 Å². The average Bonchev–Trinajstić information content (AvgIpc) is 3.02. The topological polar surface area (TPSA) is 70.2 Å². The van der Waals surface area contributed by atoms with Crippen LogP contribution in [-0.4, -0.2) is 48.6 Å². The summed E-state index contributed by atoms with van der Waals surface area (Å²) in [6.45, 7) is 4.54. The Labute approximate surface area is 151 Å². The first-order valence-corrected chi connectivity index (χ1v) is 9.11. The summed E-state index contributed by atoms with van der Waals surface area (Å²) in [5.74, 6) is 1.82. The lowest BCUT2D eigenvalue weighted by atomic mass is 9.96. The van der Waals surface area contributed by atoms with E-state index in [-0.39, 0.29) is 24.2 Å². The largest absolute Gasteiger partial charge is 0.355 e. The number of carbonyl (C=O) groups excluding carboxylic acids is 1. The van der Waals surface area contributed by atoms with Crippen molar-refractivity contribution in [1.82, 2.24) is 20.6 Å². The van der Waals surface area contributed by atoms with E-state index < -0.39 is 0 Å². The van der Waals surface area contributed by atoms with Gasteiger partial charge in [-0.3, -0.25) is 4.79 Å². The van der Waals surface area contributed by atoms with Crippen molar-refractivity contribution in [3.63, 3.8) is 0 Å². The van der Waals surface area contributed by atoms with Gasteiger partial charge < -0.3 is 15.5 Å². The molecule has 24 heavy (non-hydrogen) atoms. The summed E-state index contributed by atoms with van der Waals surface area (Å²) < 4.78 is 0. The maximum atomic E-state index is 12.4. The van der Waals surface area contributed by atoms with Crippen LogP contribution in [-0.2, 0) is 4.79 Å². The molecule has 0 bridgehead atoms. The molecule has 0 aliphatic carbocycles. The van der Waals surface area contributed by atoms with Gasteiger partial charge in [0, 0.05) is 38.6 Å². The van der Waals surface area contributed by atoms with E-state index in [4.69, 9.17) is 0 Å². The minimum absolute atomic E-state index is 0. The molecule has 2 N–H and O–H groups in total. The summed E-state index contributed by atoms with van der Waals surface area (Å²) in [5.41, 5.74) is 0. The Balaban J connectivity index is 0.00000169. The number of nitrogens with zero attached hydrogens (tertiary/aromatic N) is 3. The number of anilines is 1. The van der Waals surface area contributed by atoms with Gasteiger partial charge in [-0.15, -0.1) is 23.7 Å². The molecule has 4 heterocycles. The summed E-state index contributed by atoms with van der Waals surface area (Å²) >= 11 is 1.63. The van der Waals surface area contributed by atoms with Crippen LogP contribution in [0.3, 0.4) is 0 Å². The third-order valence-electron chi connectivity index (χ3n) is 4.76. The van der Waals surface area contributed by atoms with Gasteiger partial charge in [-0.25, -0.2) is 9.97 Å². The Kier molecular flexibility index (Phi) is 5.53. The van der Waals surface area contributed by atoms with Crippen molar-refractivity contribution in [2.45, 2.75) is 12.8 Å². The van der Waals surface area contributed by atoms with Crippen molar-refractivity contribution in [3.05, 3.63) is 17.8 Å². The first kappa shape index (κ1) is 17.4. The van der Waals surface area contributed by atoms with Crippen molar-refractivity contribution in [1.29, 1.82) is 0 Å². The summed E-state index contributed by atoms with van der Waals surface area (Å²) in [5, 5.41) is 9.50. The van der Waals surface area contributed by atoms with E-state index in [1.54, 1.807) is 17.7 Å². The van der Waals surface area contributed by atoms with Crippen molar-refractivity contribution in [3.8, 4) is 0 Å². The van der Waals surface area contributed by atoms with Gasteiger partial charge in [-0.05, 0) is 24.3 Å². The molecule has 2 aromatic heterocycles. The predicted octanol–water partition coefficient (Wildman–Crippen LogP) is 1.67. The molecular formula is C16H22ClN5OS. The zero-order valence-electron chi connectivity index (χ0n) is 13.4. The van der Waals surface area contributed by atoms with E-state index >= 15 is 0 Å². The van der Waals surface area contributed by atoms with E-state index in [0.29, 0.717) is 5.92 Å². The predicted molar refractivity (Wildman–Crippen MR) is 99.0 cm³/mol. The molecule has 6 nitrogen and oxygen atoms in total. The maximum absolute atomic E-state index is 12.4. The average molecular weight is 368 g/mol. The van der Waals surface area contributed by atoms with E-state index in [0.717, 1.165) is 61.6 Å². The molecule has 0 saturated carbocycles. The van der Waals surface area contributed by atoms with Gasteiger partial charge in [0.15, 0.2) is 0 Å². The fourth-order valence-electron chi connectivity index (χ4n) is 3.29. The molecule has 2 saturated heterocycles. The lowest BCUT2D eigenvalue weighted by Gasteiger charge is -2.34. The first-order chi connectivity index (χ1) is 11.3. The third kappa shape index (κ3) is 3.48. The molecule has 1 amide bonds. The number of piperidine rings is 1. The second-order valence-corrected chi connectivity index (χ2v) is 7.29. The second-order valence-electron chi connectivity index (χ2n) is 6.39. The Morgan fingerprint density at radius 2 is 2.29 bits per heavy atom. The smallest absolute Gasteiger partial charge is 0.224 e. The molecule has 130 valence electrons. The van der Waals surface area contributed by atoms with Crippen LogP contribution in [0, 0.1) is 11.8 Å². The minimum atomic E-state index is 0. The van der Waals surface area contributed by atoms with Gasteiger partial charge in [-0.2, -0.15) is 0 Å². The quantitative estimate of drug-likeness (QED) is 0.860. The Morgan fingerprint density at radius 1 is 1.42 bits per heavy atom. The molecule has 2 aliphatic rings. The Hall–Kier alpha value is -1.44. The molecule has 2 fully saturated rings. The molecule has 0 spiro atoms. The summed E-state index contributed by atoms with van der Waals surface area (Å²) in [4.78, 5) is 24.5. The SMILES string of the molecule is Cl.O=C(NCC1CNC1)C1CCCN(c2ncnc3sccc23)C1. The number of rotatable bonds is 4. The molecule has 2 aromatic rings. The minimum Gasteiger partial charge on any atom is -0.355 e. The molecule has 1 unspecified atom stereocenters. The molecular weight excluding hydrogens is 346 g/mol. The highest BCUT2D eigenvalue weighted by molar-refractivity contribution is 7.16. The van der Waals surface area contributed by atoms with Gasteiger partial charge in [-0.1, -0.05) is 0 Å². The van der Waals surface area contributed by atoms with Gasteiger partial charge >= 0.3 is 0 Å². The Bertz CT molecular complexity index is 705. The molecule has 1 atom stereocenters. The number of carbonyl (C=O) groups is 1. The van der Waals surface area contributed by atoms with Crippen LogP contribution in [0.15, 0.2) is 17.8 Å². The lowest BCUT2D eigenvalue weighted by molar-refractivity contribution is -0.125. The Morgan fingerprint density at radius 3 is 3.08 bits per heavy atom.